The van der Waals surface area contributed by atoms with Crippen LogP contribution in [0.4, 0.5) is 5.82 Å². The SMILES string of the molecule is O=C1CCNc2nc(Br)c(Br)cc21. The Morgan fingerprint density at radius 1 is 1.46 bits per heavy atom. The van der Waals surface area contributed by atoms with Crippen molar-refractivity contribution in [3.05, 3.63) is 20.7 Å². The third kappa shape index (κ3) is 1.62. The summed E-state index contributed by atoms with van der Waals surface area (Å²) in [5.74, 6) is 0.820. The predicted molar refractivity (Wildman–Crippen MR) is 57.1 cm³/mol. The number of pyridine rings is 1. The summed E-state index contributed by atoms with van der Waals surface area (Å²) in [6.45, 7) is 0.674. The summed E-state index contributed by atoms with van der Waals surface area (Å²) in [6.07, 6.45) is 0.544. The van der Waals surface area contributed by atoms with Gasteiger partial charge in [-0.1, -0.05) is 0 Å². The van der Waals surface area contributed by atoms with Gasteiger partial charge >= 0.3 is 0 Å². The monoisotopic (exact) mass is 304 g/mol. The first-order chi connectivity index (χ1) is 6.18. The number of rotatable bonds is 0. The van der Waals surface area contributed by atoms with Crippen LogP contribution < -0.4 is 5.32 Å². The highest BCUT2D eigenvalue weighted by Gasteiger charge is 2.19. The smallest absolute Gasteiger partial charge is 0.168 e. The molecular formula is C8H6Br2N2O. The number of Topliss-reactive ketones (excluding diaryl/α,β-unsaturated/α-hetero) is 1. The second kappa shape index (κ2) is 3.38. The van der Waals surface area contributed by atoms with E-state index in [4.69, 9.17) is 0 Å². The minimum atomic E-state index is 0.148. The maximum atomic E-state index is 11.4. The quantitative estimate of drug-likeness (QED) is 0.749. The molecule has 0 saturated carbocycles. The molecule has 0 unspecified atom stereocenters. The third-order valence-electron chi connectivity index (χ3n) is 1.88. The Bertz CT molecular complexity index is 379. The molecule has 1 N–H and O–H groups in total. The van der Waals surface area contributed by atoms with Crippen LogP contribution in [0.25, 0.3) is 0 Å². The van der Waals surface area contributed by atoms with Crippen LogP contribution >= 0.6 is 31.9 Å². The minimum absolute atomic E-state index is 0.148. The van der Waals surface area contributed by atoms with Crippen molar-refractivity contribution in [1.29, 1.82) is 0 Å². The Hall–Kier alpha value is -0.420. The molecular weight excluding hydrogens is 300 g/mol. The van der Waals surface area contributed by atoms with E-state index in [1.165, 1.54) is 0 Å². The van der Waals surface area contributed by atoms with Crippen LogP contribution in [0.1, 0.15) is 16.8 Å². The maximum Gasteiger partial charge on any atom is 0.168 e. The fourth-order valence-electron chi connectivity index (χ4n) is 1.24. The van der Waals surface area contributed by atoms with Gasteiger partial charge in [0.1, 0.15) is 10.4 Å². The van der Waals surface area contributed by atoms with E-state index in [9.17, 15) is 4.79 Å². The van der Waals surface area contributed by atoms with Gasteiger partial charge in [-0.05, 0) is 37.9 Å². The van der Waals surface area contributed by atoms with Gasteiger partial charge in [0.25, 0.3) is 0 Å². The Morgan fingerprint density at radius 3 is 3.00 bits per heavy atom. The number of carbonyl (C=O) groups excluding carboxylic acids is 1. The topological polar surface area (TPSA) is 42.0 Å². The van der Waals surface area contributed by atoms with E-state index in [2.05, 4.69) is 42.2 Å². The van der Waals surface area contributed by atoms with E-state index in [1.807, 2.05) is 0 Å². The maximum absolute atomic E-state index is 11.4. The van der Waals surface area contributed by atoms with E-state index in [0.29, 0.717) is 29.0 Å². The van der Waals surface area contributed by atoms with E-state index in [1.54, 1.807) is 6.07 Å². The van der Waals surface area contributed by atoms with E-state index in [0.717, 1.165) is 4.47 Å². The van der Waals surface area contributed by atoms with Crippen molar-refractivity contribution < 1.29 is 4.79 Å². The van der Waals surface area contributed by atoms with Gasteiger partial charge in [0, 0.05) is 13.0 Å². The lowest BCUT2D eigenvalue weighted by Crippen LogP contribution is -2.19. The first kappa shape index (κ1) is 9.15. The molecule has 1 aromatic heterocycles. The number of ketones is 1. The number of carbonyl (C=O) groups is 1. The van der Waals surface area contributed by atoms with Crippen LogP contribution in [0.5, 0.6) is 0 Å². The van der Waals surface area contributed by atoms with Gasteiger partial charge in [0.05, 0.1) is 10.0 Å². The van der Waals surface area contributed by atoms with Gasteiger partial charge in [0.15, 0.2) is 5.78 Å². The molecule has 68 valence electrons. The van der Waals surface area contributed by atoms with Crippen LogP contribution in [-0.4, -0.2) is 17.3 Å². The lowest BCUT2D eigenvalue weighted by Gasteiger charge is -2.16. The number of anilines is 1. The van der Waals surface area contributed by atoms with Gasteiger partial charge in [-0.25, -0.2) is 4.98 Å². The Morgan fingerprint density at radius 2 is 2.23 bits per heavy atom. The van der Waals surface area contributed by atoms with Crippen LogP contribution in [0.3, 0.4) is 0 Å². The number of hydrogen-bond acceptors (Lipinski definition) is 3. The highest BCUT2D eigenvalue weighted by molar-refractivity contribution is 9.13. The molecule has 0 spiro atoms. The number of hydrogen-bond donors (Lipinski definition) is 1. The second-order valence-corrected chi connectivity index (χ2v) is 4.36. The van der Waals surface area contributed by atoms with Gasteiger partial charge in [-0.2, -0.15) is 0 Å². The number of aromatic nitrogens is 1. The van der Waals surface area contributed by atoms with Crippen LogP contribution in [0.2, 0.25) is 0 Å². The van der Waals surface area contributed by atoms with Gasteiger partial charge in [0.2, 0.25) is 0 Å². The fraction of sp³-hybridized carbons (Fsp3) is 0.250. The van der Waals surface area contributed by atoms with Crippen LogP contribution in [0, 0.1) is 0 Å². The summed E-state index contributed by atoms with van der Waals surface area (Å²) in [4.78, 5) is 15.6. The molecule has 1 aliphatic heterocycles. The third-order valence-corrected chi connectivity index (χ3v) is 3.62. The number of nitrogens with zero attached hydrogens (tertiary/aromatic N) is 1. The lowest BCUT2D eigenvalue weighted by atomic mass is 10.1. The van der Waals surface area contributed by atoms with Crippen molar-refractivity contribution in [3.8, 4) is 0 Å². The van der Waals surface area contributed by atoms with Gasteiger partial charge < -0.3 is 5.32 Å². The summed E-state index contributed by atoms with van der Waals surface area (Å²) < 4.78 is 1.52. The van der Waals surface area contributed by atoms with Crippen molar-refractivity contribution in [3.63, 3.8) is 0 Å². The molecule has 0 fully saturated rings. The van der Waals surface area contributed by atoms with Crippen LogP contribution in [0.15, 0.2) is 15.1 Å². The summed E-state index contributed by atoms with van der Waals surface area (Å²) in [7, 11) is 0. The molecule has 0 amide bonds. The molecule has 0 aromatic carbocycles. The van der Waals surface area contributed by atoms with E-state index < -0.39 is 0 Å². The predicted octanol–water partition coefficient (Wildman–Crippen LogP) is 2.60. The first-order valence-corrected chi connectivity index (χ1v) is 5.40. The average molecular weight is 306 g/mol. The van der Waals surface area contributed by atoms with Crippen molar-refractivity contribution in [2.75, 3.05) is 11.9 Å². The zero-order chi connectivity index (χ0) is 9.42. The average Bonchev–Trinajstić information content (AvgIpc) is 2.09. The van der Waals surface area contributed by atoms with Crippen LogP contribution in [-0.2, 0) is 0 Å². The molecule has 0 atom stereocenters. The fourth-order valence-corrected chi connectivity index (χ4v) is 1.85. The van der Waals surface area contributed by atoms with E-state index in [-0.39, 0.29) is 5.78 Å². The van der Waals surface area contributed by atoms with E-state index >= 15 is 0 Å². The second-order valence-electron chi connectivity index (χ2n) is 2.76. The number of halogens is 2. The molecule has 5 heteroatoms. The molecule has 0 radical (unpaired) electrons. The first-order valence-electron chi connectivity index (χ1n) is 3.81. The summed E-state index contributed by atoms with van der Waals surface area (Å²) in [5, 5.41) is 3.08. The normalized spacial score (nSPS) is 15.1. The minimum Gasteiger partial charge on any atom is -0.369 e. The summed E-state index contributed by atoms with van der Waals surface area (Å²) in [5.41, 5.74) is 0.668. The molecule has 3 nitrogen and oxygen atoms in total. The molecule has 1 aliphatic rings. The number of fused-ring (bicyclic) bond motifs is 1. The van der Waals surface area contributed by atoms with Crippen molar-refractivity contribution >= 4 is 43.5 Å². The standard InChI is InChI=1S/C8H6Br2N2O/c9-5-3-4-6(13)1-2-11-8(4)12-7(5)10/h3H,1-2H2,(H,11,12). The van der Waals surface area contributed by atoms with Crippen molar-refractivity contribution in [2.45, 2.75) is 6.42 Å². The molecule has 0 aliphatic carbocycles. The van der Waals surface area contributed by atoms with Crippen molar-refractivity contribution in [1.82, 2.24) is 4.98 Å². The summed E-state index contributed by atoms with van der Waals surface area (Å²) >= 11 is 6.60. The largest absolute Gasteiger partial charge is 0.369 e. The highest BCUT2D eigenvalue weighted by atomic mass is 79.9. The van der Waals surface area contributed by atoms with Gasteiger partial charge in [-0.3, -0.25) is 4.79 Å². The molecule has 13 heavy (non-hydrogen) atoms. The molecule has 2 rings (SSSR count). The zero-order valence-electron chi connectivity index (χ0n) is 6.60. The molecule has 0 bridgehead atoms. The lowest BCUT2D eigenvalue weighted by molar-refractivity contribution is 0.0983. The Labute approximate surface area is 92.2 Å². The number of nitrogens with one attached hydrogen (secondary N) is 1. The highest BCUT2D eigenvalue weighted by Crippen LogP contribution is 2.28. The Kier molecular flexibility index (Phi) is 2.38. The molecule has 1 aromatic rings. The van der Waals surface area contributed by atoms with Gasteiger partial charge in [-0.15, -0.1) is 0 Å². The summed E-state index contributed by atoms with van der Waals surface area (Å²) in [6, 6.07) is 1.79. The molecule has 0 saturated heterocycles. The Balaban J connectivity index is 2.58. The molecule has 2 heterocycles. The van der Waals surface area contributed by atoms with Crippen molar-refractivity contribution in [2.24, 2.45) is 0 Å². The zero-order valence-corrected chi connectivity index (χ0v) is 9.77.